The maximum atomic E-state index is 15.8. The number of nitrogens with one attached hydrogen (secondary N) is 2. The highest BCUT2D eigenvalue weighted by Gasteiger charge is 2.28. The molecule has 0 spiro atoms. The van der Waals surface area contributed by atoms with Crippen LogP contribution in [-0.2, 0) is 10.0 Å². The number of aromatic nitrogens is 5. The van der Waals surface area contributed by atoms with Crippen LogP contribution in [0.5, 0.6) is 0 Å². The molecule has 0 saturated carbocycles. The molecule has 0 unspecified atom stereocenters. The zero-order chi connectivity index (χ0) is 34.4. The van der Waals surface area contributed by atoms with E-state index in [-0.39, 0.29) is 38.8 Å². The summed E-state index contributed by atoms with van der Waals surface area (Å²) in [5.74, 6) is -2.43. The number of rotatable bonds is 7. The van der Waals surface area contributed by atoms with E-state index in [9.17, 15) is 18.3 Å². The number of halogens is 4. The van der Waals surface area contributed by atoms with Crippen molar-refractivity contribution >= 4 is 78.3 Å². The first-order chi connectivity index (χ1) is 23.5. The largest absolute Gasteiger partial charge is 0.393 e. The van der Waals surface area contributed by atoms with Crippen molar-refractivity contribution in [1.82, 2.24) is 29.6 Å². The summed E-state index contributed by atoms with van der Waals surface area (Å²) in [5.41, 5.74) is -0.0804. The standard InChI is InChI=1S/C32H24Cl2F2N8O4S/c33-19-5-3-7-24(26(19)34)49(47,48)42-21-9-8-20(35)29(27(21)36)40-31-30-22(37-16-38-31)10-11-25(39-30)44-23-6-2-1-4-18(23)28(41-44)32(46)43-14-12-17(45)13-15-43/h1-11,16-17,42,45H,12-15H2,(H,37,38,40). The number of aliphatic hydroxyl groups is 1. The van der Waals surface area contributed by atoms with Gasteiger partial charge in [-0.25, -0.2) is 36.8 Å². The van der Waals surface area contributed by atoms with Crippen molar-refractivity contribution in [2.24, 2.45) is 0 Å². The van der Waals surface area contributed by atoms with Crippen molar-refractivity contribution < 1.29 is 27.1 Å². The Labute approximate surface area is 287 Å². The number of hydrogen-bond acceptors (Lipinski definition) is 9. The third kappa shape index (κ3) is 6.10. The molecule has 3 aromatic heterocycles. The van der Waals surface area contributed by atoms with Crippen LogP contribution in [0.4, 0.5) is 26.0 Å². The molecule has 1 aliphatic rings. The summed E-state index contributed by atoms with van der Waals surface area (Å²) >= 11 is 12.0. The number of benzene rings is 3. The number of pyridine rings is 1. The minimum atomic E-state index is -4.44. The first-order valence-electron chi connectivity index (χ1n) is 14.8. The van der Waals surface area contributed by atoms with E-state index in [1.807, 2.05) is 0 Å². The molecule has 12 nitrogen and oxygen atoms in total. The maximum Gasteiger partial charge on any atom is 0.275 e. The lowest BCUT2D eigenvalue weighted by molar-refractivity contribution is 0.0542. The Morgan fingerprint density at radius 1 is 0.959 bits per heavy atom. The van der Waals surface area contributed by atoms with Gasteiger partial charge in [0.15, 0.2) is 23.1 Å². The summed E-state index contributed by atoms with van der Waals surface area (Å²) in [7, 11) is -4.44. The minimum Gasteiger partial charge on any atom is -0.393 e. The lowest BCUT2D eigenvalue weighted by Crippen LogP contribution is -2.40. The van der Waals surface area contributed by atoms with Gasteiger partial charge in [-0.2, -0.15) is 5.10 Å². The fourth-order valence-corrected chi connectivity index (χ4v) is 7.33. The predicted octanol–water partition coefficient (Wildman–Crippen LogP) is 6.09. The lowest BCUT2D eigenvalue weighted by Gasteiger charge is -2.29. The van der Waals surface area contributed by atoms with Gasteiger partial charge in [0, 0.05) is 18.5 Å². The van der Waals surface area contributed by atoms with Crippen LogP contribution in [0.15, 0.2) is 78.0 Å². The molecule has 1 fully saturated rings. The van der Waals surface area contributed by atoms with E-state index in [0.717, 1.165) is 12.1 Å². The highest BCUT2D eigenvalue weighted by atomic mass is 35.5. The van der Waals surface area contributed by atoms with Crippen LogP contribution in [0.1, 0.15) is 23.3 Å². The van der Waals surface area contributed by atoms with Crippen LogP contribution in [0.2, 0.25) is 10.0 Å². The number of hydrogen-bond donors (Lipinski definition) is 3. The lowest BCUT2D eigenvalue weighted by atomic mass is 10.1. The number of likely N-dealkylation sites (tertiary alicyclic amines) is 1. The van der Waals surface area contributed by atoms with Gasteiger partial charge in [-0.05, 0) is 55.3 Å². The van der Waals surface area contributed by atoms with Gasteiger partial charge >= 0.3 is 0 Å². The Hall–Kier alpha value is -4.96. The maximum absolute atomic E-state index is 15.8. The summed E-state index contributed by atoms with van der Waals surface area (Å²) < 4.78 is 60.6. The van der Waals surface area contributed by atoms with Gasteiger partial charge in [-0.15, -0.1) is 0 Å². The highest BCUT2D eigenvalue weighted by Crippen LogP contribution is 2.34. The topological polar surface area (TPSA) is 155 Å². The second kappa shape index (κ2) is 12.8. The Balaban J connectivity index is 1.25. The Bertz CT molecular complexity index is 2390. The molecule has 0 aliphatic carbocycles. The summed E-state index contributed by atoms with van der Waals surface area (Å²) in [5, 5.41) is 17.4. The first kappa shape index (κ1) is 32.6. The number of fused-ring (bicyclic) bond motifs is 2. The van der Waals surface area contributed by atoms with E-state index in [2.05, 4.69) is 30.1 Å². The van der Waals surface area contributed by atoms with Crippen LogP contribution in [0.25, 0.3) is 27.8 Å². The summed E-state index contributed by atoms with van der Waals surface area (Å²) in [6.45, 7) is 0.789. The third-order valence-corrected chi connectivity index (χ3v) is 10.3. The van der Waals surface area contributed by atoms with Crippen LogP contribution >= 0.6 is 23.2 Å². The molecule has 6 aromatic rings. The number of anilines is 3. The number of sulfonamides is 1. The van der Waals surface area contributed by atoms with Gasteiger partial charge in [0.25, 0.3) is 15.9 Å². The fourth-order valence-electron chi connectivity index (χ4n) is 5.51. The molecule has 4 heterocycles. The quantitative estimate of drug-likeness (QED) is 0.177. The molecule has 1 aliphatic heterocycles. The fraction of sp³-hybridized carbons (Fsp3) is 0.156. The molecule has 17 heteroatoms. The smallest absolute Gasteiger partial charge is 0.275 e. The molecule has 250 valence electrons. The van der Waals surface area contributed by atoms with Crippen LogP contribution in [0.3, 0.4) is 0 Å². The average molecular weight is 726 g/mol. The van der Waals surface area contributed by atoms with Gasteiger partial charge in [-0.1, -0.05) is 47.5 Å². The third-order valence-electron chi connectivity index (χ3n) is 8.01. The minimum absolute atomic E-state index is 0.0253. The molecule has 1 saturated heterocycles. The number of amides is 1. The van der Waals surface area contributed by atoms with E-state index in [4.69, 9.17) is 23.2 Å². The molecule has 0 bridgehead atoms. The SMILES string of the molecule is O=C(c1nn(-c2ccc3ncnc(Nc4c(F)ccc(NS(=O)(=O)c5cccc(Cl)c5Cl)c4F)c3n2)c2ccccc12)N1CCC(O)CC1. The Morgan fingerprint density at radius 3 is 2.53 bits per heavy atom. The number of para-hydroxylation sites is 1. The zero-order valence-corrected chi connectivity index (χ0v) is 27.4. The molecule has 7 rings (SSSR count). The summed E-state index contributed by atoms with van der Waals surface area (Å²) in [4.78, 5) is 27.8. The van der Waals surface area contributed by atoms with Crippen molar-refractivity contribution in [3.8, 4) is 5.82 Å². The van der Waals surface area contributed by atoms with Crippen LogP contribution in [-0.4, -0.2) is 68.3 Å². The van der Waals surface area contributed by atoms with Gasteiger partial charge in [0.1, 0.15) is 28.2 Å². The van der Waals surface area contributed by atoms with Crippen molar-refractivity contribution in [3.05, 3.63) is 100 Å². The molecule has 0 radical (unpaired) electrons. The Morgan fingerprint density at radius 2 is 1.73 bits per heavy atom. The Kier molecular flexibility index (Phi) is 8.52. The molecule has 3 aromatic carbocycles. The number of carbonyl (C=O) groups excluding carboxylic acids is 1. The van der Waals surface area contributed by atoms with Gasteiger partial charge in [-0.3, -0.25) is 9.52 Å². The first-order valence-corrected chi connectivity index (χ1v) is 17.0. The number of nitrogens with zero attached hydrogens (tertiary/aromatic N) is 6. The van der Waals surface area contributed by atoms with Crippen LogP contribution < -0.4 is 10.0 Å². The van der Waals surface area contributed by atoms with E-state index >= 15 is 8.78 Å². The molecule has 49 heavy (non-hydrogen) atoms. The van der Waals surface area contributed by atoms with Gasteiger partial charge in [0.2, 0.25) is 0 Å². The predicted molar refractivity (Wildman–Crippen MR) is 180 cm³/mol. The molecular formula is C32H24Cl2F2N8O4S. The van der Waals surface area contributed by atoms with Crippen molar-refractivity contribution in [2.75, 3.05) is 23.1 Å². The molecule has 1 amide bonds. The second-order valence-corrected chi connectivity index (χ2v) is 13.6. The highest BCUT2D eigenvalue weighted by molar-refractivity contribution is 7.92. The zero-order valence-electron chi connectivity index (χ0n) is 25.1. The van der Waals surface area contributed by atoms with E-state index < -0.39 is 44.0 Å². The van der Waals surface area contributed by atoms with Crippen molar-refractivity contribution in [2.45, 2.75) is 23.8 Å². The number of carbonyl (C=O) groups is 1. The number of aliphatic hydroxyl groups excluding tert-OH is 1. The van der Waals surface area contributed by atoms with E-state index in [0.29, 0.717) is 42.4 Å². The van der Waals surface area contributed by atoms with Crippen LogP contribution in [0, 0.1) is 11.6 Å². The van der Waals surface area contributed by atoms with Gasteiger partial charge < -0.3 is 15.3 Å². The van der Waals surface area contributed by atoms with Crippen molar-refractivity contribution in [1.29, 1.82) is 0 Å². The monoisotopic (exact) mass is 724 g/mol. The number of piperidine rings is 1. The van der Waals surface area contributed by atoms with Crippen molar-refractivity contribution in [3.63, 3.8) is 0 Å². The van der Waals surface area contributed by atoms with E-state index in [1.54, 1.807) is 41.3 Å². The normalized spacial score (nSPS) is 14.0. The summed E-state index contributed by atoms with van der Waals surface area (Å²) in [6, 6.07) is 16.1. The van der Waals surface area contributed by atoms with Gasteiger partial charge in [0.05, 0.1) is 32.9 Å². The molecule has 0 atom stereocenters. The molecular weight excluding hydrogens is 701 g/mol. The summed E-state index contributed by atoms with van der Waals surface area (Å²) in [6.07, 6.45) is 1.66. The average Bonchev–Trinajstić information content (AvgIpc) is 3.48. The van der Waals surface area contributed by atoms with E-state index in [1.165, 1.54) is 29.2 Å². The second-order valence-electron chi connectivity index (χ2n) is 11.1. The molecule has 3 N–H and O–H groups in total.